The molecule has 1 heterocycles. The van der Waals surface area contributed by atoms with Crippen molar-refractivity contribution in [2.75, 3.05) is 6.54 Å². The summed E-state index contributed by atoms with van der Waals surface area (Å²) in [6.45, 7) is 3.82. The molecule has 2 N–H and O–H groups in total. The number of rotatable bonds is 4. The van der Waals surface area contributed by atoms with Crippen LogP contribution in [0.4, 0.5) is 0 Å². The van der Waals surface area contributed by atoms with Gasteiger partial charge < -0.3 is 10.3 Å². The third-order valence-corrected chi connectivity index (χ3v) is 3.23. The molecular weight excluding hydrogens is 220 g/mol. The zero-order valence-electron chi connectivity index (χ0n) is 9.54. The summed E-state index contributed by atoms with van der Waals surface area (Å²) in [4.78, 5) is 0. The summed E-state index contributed by atoms with van der Waals surface area (Å²) in [5.74, 6) is 0. The van der Waals surface area contributed by atoms with Crippen LogP contribution in [-0.4, -0.2) is 11.1 Å². The molecular formula is C13H17ClN2. The molecule has 1 aromatic carbocycles. The van der Waals surface area contributed by atoms with Crippen molar-refractivity contribution in [3.63, 3.8) is 0 Å². The monoisotopic (exact) mass is 236 g/mol. The SMILES string of the molecule is CCn1cc(CCCN)c2cccc(Cl)c21. The minimum absolute atomic E-state index is 0.735. The topological polar surface area (TPSA) is 30.9 Å². The summed E-state index contributed by atoms with van der Waals surface area (Å²) in [6.07, 6.45) is 4.25. The fraction of sp³-hybridized carbons (Fsp3) is 0.385. The average Bonchev–Trinajstić information content (AvgIpc) is 2.66. The first-order valence-corrected chi connectivity index (χ1v) is 6.12. The van der Waals surface area contributed by atoms with Gasteiger partial charge in [0.2, 0.25) is 0 Å². The number of benzene rings is 1. The molecule has 0 unspecified atom stereocenters. The third-order valence-electron chi connectivity index (χ3n) is 2.92. The number of nitrogens with zero attached hydrogens (tertiary/aromatic N) is 1. The highest BCUT2D eigenvalue weighted by atomic mass is 35.5. The number of aromatic nitrogens is 1. The van der Waals surface area contributed by atoms with Gasteiger partial charge in [-0.25, -0.2) is 0 Å². The summed E-state index contributed by atoms with van der Waals surface area (Å²) in [5.41, 5.74) is 8.06. The second-order valence-electron chi connectivity index (χ2n) is 3.97. The summed E-state index contributed by atoms with van der Waals surface area (Å²) in [7, 11) is 0. The molecule has 0 saturated heterocycles. The molecule has 16 heavy (non-hydrogen) atoms. The Balaban J connectivity index is 2.54. The first kappa shape index (κ1) is 11.5. The van der Waals surface area contributed by atoms with Crippen molar-refractivity contribution < 1.29 is 0 Å². The Labute approximate surface area is 101 Å². The summed E-state index contributed by atoms with van der Waals surface area (Å²) >= 11 is 6.24. The van der Waals surface area contributed by atoms with Crippen LogP contribution < -0.4 is 5.73 Å². The quantitative estimate of drug-likeness (QED) is 0.869. The number of fused-ring (bicyclic) bond motifs is 1. The van der Waals surface area contributed by atoms with Crippen molar-refractivity contribution in [3.05, 3.63) is 35.0 Å². The molecule has 0 saturated carbocycles. The lowest BCUT2D eigenvalue weighted by Crippen LogP contribution is -1.99. The number of para-hydroxylation sites is 1. The second-order valence-corrected chi connectivity index (χ2v) is 4.38. The van der Waals surface area contributed by atoms with E-state index in [0.717, 1.165) is 36.5 Å². The van der Waals surface area contributed by atoms with Crippen LogP contribution in [0, 0.1) is 0 Å². The molecule has 0 aliphatic heterocycles. The van der Waals surface area contributed by atoms with Crippen molar-refractivity contribution in [1.29, 1.82) is 0 Å². The maximum Gasteiger partial charge on any atom is 0.0672 e. The average molecular weight is 237 g/mol. The van der Waals surface area contributed by atoms with E-state index in [1.54, 1.807) is 0 Å². The van der Waals surface area contributed by atoms with E-state index in [4.69, 9.17) is 17.3 Å². The van der Waals surface area contributed by atoms with Crippen LogP contribution in [-0.2, 0) is 13.0 Å². The molecule has 3 heteroatoms. The highest BCUT2D eigenvalue weighted by molar-refractivity contribution is 6.35. The van der Waals surface area contributed by atoms with Gasteiger partial charge in [0, 0.05) is 18.1 Å². The Morgan fingerprint density at radius 3 is 2.88 bits per heavy atom. The Morgan fingerprint density at radius 2 is 2.19 bits per heavy atom. The number of nitrogens with two attached hydrogens (primary N) is 1. The van der Waals surface area contributed by atoms with E-state index >= 15 is 0 Å². The van der Waals surface area contributed by atoms with Crippen LogP contribution in [0.2, 0.25) is 5.02 Å². The molecule has 0 spiro atoms. The van der Waals surface area contributed by atoms with E-state index in [1.165, 1.54) is 10.9 Å². The normalized spacial score (nSPS) is 11.2. The van der Waals surface area contributed by atoms with E-state index < -0.39 is 0 Å². The van der Waals surface area contributed by atoms with Gasteiger partial charge >= 0.3 is 0 Å². The highest BCUT2D eigenvalue weighted by Gasteiger charge is 2.09. The molecule has 0 atom stereocenters. The van der Waals surface area contributed by atoms with Gasteiger partial charge in [0.05, 0.1) is 10.5 Å². The van der Waals surface area contributed by atoms with Gasteiger partial charge in [-0.05, 0) is 37.9 Å². The van der Waals surface area contributed by atoms with Crippen molar-refractivity contribution >= 4 is 22.5 Å². The summed E-state index contributed by atoms with van der Waals surface area (Å²) < 4.78 is 2.21. The predicted molar refractivity (Wildman–Crippen MR) is 70.0 cm³/mol. The molecule has 1 aromatic heterocycles. The molecule has 2 rings (SSSR count). The van der Waals surface area contributed by atoms with Gasteiger partial charge in [0.1, 0.15) is 0 Å². The lowest BCUT2D eigenvalue weighted by Gasteiger charge is -2.01. The van der Waals surface area contributed by atoms with Crippen LogP contribution in [0.3, 0.4) is 0 Å². The fourth-order valence-electron chi connectivity index (χ4n) is 2.13. The zero-order valence-corrected chi connectivity index (χ0v) is 10.3. The molecule has 0 aliphatic rings. The van der Waals surface area contributed by atoms with Gasteiger partial charge in [0.25, 0.3) is 0 Å². The van der Waals surface area contributed by atoms with Crippen LogP contribution in [0.5, 0.6) is 0 Å². The van der Waals surface area contributed by atoms with E-state index in [0.29, 0.717) is 0 Å². The number of hydrogen-bond donors (Lipinski definition) is 1. The smallest absolute Gasteiger partial charge is 0.0672 e. The highest BCUT2D eigenvalue weighted by Crippen LogP contribution is 2.28. The van der Waals surface area contributed by atoms with Crippen molar-refractivity contribution in [2.45, 2.75) is 26.3 Å². The van der Waals surface area contributed by atoms with E-state index in [-0.39, 0.29) is 0 Å². The van der Waals surface area contributed by atoms with Gasteiger partial charge in [-0.1, -0.05) is 23.7 Å². The van der Waals surface area contributed by atoms with E-state index in [1.807, 2.05) is 12.1 Å². The first-order chi connectivity index (χ1) is 7.77. The molecule has 2 nitrogen and oxygen atoms in total. The van der Waals surface area contributed by atoms with Crippen molar-refractivity contribution in [2.24, 2.45) is 5.73 Å². The number of halogens is 1. The fourth-order valence-corrected chi connectivity index (χ4v) is 2.41. The molecule has 0 radical (unpaired) electrons. The molecule has 0 aliphatic carbocycles. The largest absolute Gasteiger partial charge is 0.346 e. The van der Waals surface area contributed by atoms with Gasteiger partial charge in [0.15, 0.2) is 0 Å². The Morgan fingerprint density at radius 1 is 1.38 bits per heavy atom. The minimum atomic E-state index is 0.735. The molecule has 0 fully saturated rings. The van der Waals surface area contributed by atoms with E-state index in [2.05, 4.69) is 23.8 Å². The molecule has 2 aromatic rings. The molecule has 0 bridgehead atoms. The van der Waals surface area contributed by atoms with Gasteiger partial charge in [-0.3, -0.25) is 0 Å². The molecule has 86 valence electrons. The lowest BCUT2D eigenvalue weighted by atomic mass is 10.1. The molecule has 0 amide bonds. The number of hydrogen-bond acceptors (Lipinski definition) is 1. The van der Waals surface area contributed by atoms with Crippen LogP contribution >= 0.6 is 11.6 Å². The summed E-state index contributed by atoms with van der Waals surface area (Å²) in [5, 5.41) is 2.10. The second kappa shape index (κ2) is 4.89. The Bertz CT molecular complexity index is 488. The number of aryl methyl sites for hydroxylation is 2. The standard InChI is InChI=1S/C13H17ClN2/c1-2-16-9-10(5-4-8-15)11-6-3-7-12(14)13(11)16/h3,6-7,9H,2,4-5,8,15H2,1H3. The van der Waals surface area contributed by atoms with Crippen molar-refractivity contribution in [1.82, 2.24) is 4.57 Å². The maximum atomic E-state index is 6.24. The van der Waals surface area contributed by atoms with Gasteiger partial charge in [-0.2, -0.15) is 0 Å². The van der Waals surface area contributed by atoms with Gasteiger partial charge in [-0.15, -0.1) is 0 Å². The third kappa shape index (κ3) is 1.95. The van der Waals surface area contributed by atoms with Crippen LogP contribution in [0.1, 0.15) is 18.9 Å². The Hall–Kier alpha value is -0.990. The first-order valence-electron chi connectivity index (χ1n) is 5.74. The summed E-state index contributed by atoms with van der Waals surface area (Å²) in [6, 6.07) is 6.10. The zero-order chi connectivity index (χ0) is 11.5. The Kier molecular flexibility index (Phi) is 3.52. The van der Waals surface area contributed by atoms with E-state index in [9.17, 15) is 0 Å². The lowest BCUT2D eigenvalue weighted by molar-refractivity contribution is 0.781. The predicted octanol–water partition coefficient (Wildman–Crippen LogP) is 3.21. The minimum Gasteiger partial charge on any atom is -0.346 e. The van der Waals surface area contributed by atoms with Crippen LogP contribution in [0.15, 0.2) is 24.4 Å². The van der Waals surface area contributed by atoms with Crippen LogP contribution in [0.25, 0.3) is 10.9 Å². The maximum absolute atomic E-state index is 6.24. The van der Waals surface area contributed by atoms with Crippen molar-refractivity contribution in [3.8, 4) is 0 Å².